The quantitative estimate of drug-likeness (QED) is 0.782. The molecule has 0 aromatic heterocycles. The van der Waals surface area contributed by atoms with E-state index in [4.69, 9.17) is 4.74 Å². The lowest BCUT2D eigenvalue weighted by Gasteiger charge is -2.23. The minimum Gasteiger partial charge on any atom is -0.488 e. The lowest BCUT2D eigenvalue weighted by atomic mass is 10.2. The molecule has 0 aliphatic carbocycles. The summed E-state index contributed by atoms with van der Waals surface area (Å²) in [5, 5.41) is 0. The highest BCUT2D eigenvalue weighted by molar-refractivity contribution is 7.92. The van der Waals surface area contributed by atoms with Crippen molar-refractivity contribution in [2.75, 3.05) is 39.0 Å². The van der Waals surface area contributed by atoms with E-state index < -0.39 is 10.0 Å². The van der Waals surface area contributed by atoms with Crippen LogP contribution in [0.5, 0.6) is 5.75 Å². The summed E-state index contributed by atoms with van der Waals surface area (Å²) in [7, 11) is 2.74. The van der Waals surface area contributed by atoms with Crippen LogP contribution in [0.4, 0.5) is 5.69 Å². The van der Waals surface area contributed by atoms with E-state index >= 15 is 0 Å². The molecule has 0 saturated carbocycles. The summed E-state index contributed by atoms with van der Waals surface area (Å²) in [6.07, 6.45) is 0. The van der Waals surface area contributed by atoms with E-state index in [2.05, 4.69) is 25.9 Å². The Morgan fingerprint density at radius 3 is 2.08 bits per heavy atom. The Hall–Kier alpha value is -2.05. The molecule has 0 radical (unpaired) electrons. The first-order valence-corrected chi connectivity index (χ1v) is 9.27. The van der Waals surface area contributed by atoms with Crippen LogP contribution in [0.1, 0.15) is 5.56 Å². The maximum Gasteiger partial charge on any atom is 0.261 e. The van der Waals surface area contributed by atoms with Crippen LogP contribution in [0, 0.1) is 6.92 Å². The second-order valence-electron chi connectivity index (χ2n) is 6.81. The van der Waals surface area contributed by atoms with E-state index in [0.717, 1.165) is 22.3 Å². The number of quaternary nitrogens is 1. The molecule has 1 N–H and O–H groups in total. The zero-order chi connectivity index (χ0) is 17.8. The summed E-state index contributed by atoms with van der Waals surface area (Å²) < 4.78 is 33.7. The second-order valence-corrected chi connectivity index (χ2v) is 8.49. The molecule has 24 heavy (non-hydrogen) atoms. The van der Waals surface area contributed by atoms with E-state index in [1.165, 1.54) is 0 Å². The largest absolute Gasteiger partial charge is 0.488 e. The average molecular weight is 349 g/mol. The molecule has 130 valence electrons. The smallest absolute Gasteiger partial charge is 0.261 e. The van der Waals surface area contributed by atoms with Crippen molar-refractivity contribution < 1.29 is 17.6 Å². The van der Waals surface area contributed by atoms with Crippen LogP contribution in [0.25, 0.3) is 0 Å². The lowest BCUT2D eigenvalue weighted by Crippen LogP contribution is -2.38. The highest BCUT2D eigenvalue weighted by atomic mass is 32.2. The van der Waals surface area contributed by atoms with Crippen LogP contribution in [-0.2, 0) is 10.0 Å². The maximum absolute atomic E-state index is 12.3. The van der Waals surface area contributed by atoms with Gasteiger partial charge in [0.2, 0.25) is 0 Å². The van der Waals surface area contributed by atoms with Crippen LogP contribution in [0.15, 0.2) is 53.4 Å². The standard InChI is InChI=1S/C18H25N2O3S/c1-15-5-11-18(12-6-15)24(21,22)19-16-7-9-17(10-8-16)23-14-13-20(2,3)4/h5-12,19H,13-14H2,1-4H3/q+1. The zero-order valence-corrected chi connectivity index (χ0v) is 15.4. The Morgan fingerprint density at radius 1 is 0.958 bits per heavy atom. The molecule has 0 unspecified atom stereocenters. The van der Waals surface area contributed by atoms with Gasteiger partial charge in [-0.15, -0.1) is 0 Å². The van der Waals surface area contributed by atoms with Crippen LogP contribution < -0.4 is 9.46 Å². The highest BCUT2D eigenvalue weighted by Crippen LogP contribution is 2.20. The zero-order valence-electron chi connectivity index (χ0n) is 14.6. The monoisotopic (exact) mass is 349 g/mol. The van der Waals surface area contributed by atoms with Crippen molar-refractivity contribution >= 4 is 15.7 Å². The Morgan fingerprint density at radius 2 is 1.54 bits per heavy atom. The van der Waals surface area contributed by atoms with Crippen LogP contribution in [0.2, 0.25) is 0 Å². The van der Waals surface area contributed by atoms with E-state index in [0.29, 0.717) is 12.3 Å². The molecule has 0 spiro atoms. The number of hydrogen-bond acceptors (Lipinski definition) is 3. The number of ether oxygens (including phenoxy) is 1. The number of benzene rings is 2. The molecule has 0 bridgehead atoms. The summed E-state index contributed by atoms with van der Waals surface area (Å²) >= 11 is 0. The number of aryl methyl sites for hydroxylation is 1. The average Bonchev–Trinajstić information content (AvgIpc) is 2.48. The maximum atomic E-state index is 12.3. The summed E-state index contributed by atoms with van der Waals surface area (Å²) in [4.78, 5) is 0.247. The molecular formula is C18H25N2O3S+. The third kappa shape index (κ3) is 5.54. The molecule has 0 fully saturated rings. The summed E-state index contributed by atoms with van der Waals surface area (Å²) in [5.74, 6) is 0.724. The molecule has 2 rings (SSSR count). The van der Waals surface area contributed by atoms with Crippen molar-refractivity contribution in [3.8, 4) is 5.75 Å². The van der Waals surface area contributed by atoms with Gasteiger partial charge in [-0.25, -0.2) is 8.42 Å². The normalized spacial score (nSPS) is 12.0. The van der Waals surface area contributed by atoms with Gasteiger partial charge in [-0.2, -0.15) is 0 Å². The first-order valence-electron chi connectivity index (χ1n) is 7.78. The van der Waals surface area contributed by atoms with Crippen molar-refractivity contribution in [2.45, 2.75) is 11.8 Å². The molecule has 0 atom stereocenters. The van der Waals surface area contributed by atoms with Gasteiger partial charge in [-0.1, -0.05) is 17.7 Å². The first-order chi connectivity index (χ1) is 11.2. The lowest BCUT2D eigenvalue weighted by molar-refractivity contribution is -0.870. The fourth-order valence-corrected chi connectivity index (χ4v) is 3.05. The van der Waals surface area contributed by atoms with Gasteiger partial charge in [-0.05, 0) is 43.3 Å². The van der Waals surface area contributed by atoms with Crippen LogP contribution in [-0.4, -0.2) is 47.2 Å². The van der Waals surface area contributed by atoms with Crippen molar-refractivity contribution in [2.24, 2.45) is 0 Å². The van der Waals surface area contributed by atoms with Crippen molar-refractivity contribution in [3.05, 3.63) is 54.1 Å². The van der Waals surface area contributed by atoms with Gasteiger partial charge in [0.25, 0.3) is 10.0 Å². The van der Waals surface area contributed by atoms with Crippen molar-refractivity contribution in [3.63, 3.8) is 0 Å². The summed E-state index contributed by atoms with van der Waals surface area (Å²) in [6, 6.07) is 13.7. The van der Waals surface area contributed by atoms with E-state index in [1.54, 1.807) is 48.5 Å². The topological polar surface area (TPSA) is 55.4 Å². The van der Waals surface area contributed by atoms with Gasteiger partial charge >= 0.3 is 0 Å². The fourth-order valence-electron chi connectivity index (χ4n) is 1.99. The summed E-state index contributed by atoms with van der Waals surface area (Å²) in [6.45, 7) is 3.42. The second kappa shape index (κ2) is 7.23. The van der Waals surface area contributed by atoms with Gasteiger partial charge in [0.1, 0.15) is 18.9 Å². The minimum absolute atomic E-state index is 0.247. The van der Waals surface area contributed by atoms with Crippen molar-refractivity contribution in [1.82, 2.24) is 0 Å². The molecule has 2 aromatic carbocycles. The molecule has 0 aliphatic rings. The van der Waals surface area contributed by atoms with Gasteiger partial charge < -0.3 is 9.22 Å². The molecule has 0 amide bonds. The Kier molecular flexibility index (Phi) is 5.51. The first kappa shape index (κ1) is 18.3. The van der Waals surface area contributed by atoms with Crippen LogP contribution >= 0.6 is 0 Å². The molecule has 0 saturated heterocycles. The number of likely N-dealkylation sites (N-methyl/N-ethyl adjacent to an activating group) is 1. The van der Waals surface area contributed by atoms with E-state index in [9.17, 15) is 8.42 Å². The van der Waals surface area contributed by atoms with Crippen molar-refractivity contribution in [1.29, 1.82) is 0 Å². The number of rotatable bonds is 7. The third-order valence-electron chi connectivity index (χ3n) is 3.47. The SMILES string of the molecule is Cc1ccc(S(=O)(=O)Nc2ccc(OCC[N+](C)(C)C)cc2)cc1. The highest BCUT2D eigenvalue weighted by Gasteiger charge is 2.13. The minimum atomic E-state index is -3.57. The predicted octanol–water partition coefficient (Wildman–Crippen LogP) is 2.88. The molecule has 6 heteroatoms. The van der Waals surface area contributed by atoms with Gasteiger partial charge in [0, 0.05) is 5.69 Å². The predicted molar refractivity (Wildman–Crippen MR) is 96.8 cm³/mol. The number of hydrogen-bond donors (Lipinski definition) is 1. The number of anilines is 1. The fraction of sp³-hybridized carbons (Fsp3) is 0.333. The Labute approximate surface area is 144 Å². The van der Waals surface area contributed by atoms with Gasteiger partial charge in [-0.3, -0.25) is 4.72 Å². The molecule has 0 aliphatic heterocycles. The van der Waals surface area contributed by atoms with E-state index in [1.807, 2.05) is 6.92 Å². The molecule has 0 heterocycles. The summed E-state index contributed by atoms with van der Waals surface area (Å²) in [5.41, 5.74) is 1.53. The molecular weight excluding hydrogens is 324 g/mol. The van der Waals surface area contributed by atoms with E-state index in [-0.39, 0.29) is 4.90 Å². The number of nitrogens with zero attached hydrogens (tertiary/aromatic N) is 1. The number of sulfonamides is 1. The Balaban J connectivity index is 1.99. The third-order valence-corrected chi connectivity index (χ3v) is 4.87. The van der Waals surface area contributed by atoms with Crippen LogP contribution in [0.3, 0.4) is 0 Å². The molecule has 5 nitrogen and oxygen atoms in total. The molecule has 2 aromatic rings. The van der Waals surface area contributed by atoms with Gasteiger partial charge in [0.15, 0.2) is 0 Å². The Bertz CT molecular complexity index is 761. The number of nitrogens with one attached hydrogen (secondary N) is 1. The van der Waals surface area contributed by atoms with Gasteiger partial charge in [0.05, 0.1) is 26.0 Å².